The van der Waals surface area contributed by atoms with Gasteiger partial charge in [0.1, 0.15) is 36.9 Å². The van der Waals surface area contributed by atoms with E-state index in [4.69, 9.17) is 9.47 Å². The second-order valence-electron chi connectivity index (χ2n) is 8.21. The molecule has 0 bridgehead atoms. The fraction of sp³-hybridized carbons (Fsp3) is 0.172. The number of hydrogen-bond acceptors (Lipinski definition) is 4. The highest BCUT2D eigenvalue weighted by Crippen LogP contribution is 2.42. The van der Waals surface area contributed by atoms with Gasteiger partial charge >= 0.3 is 0 Å². The van der Waals surface area contributed by atoms with Crippen molar-refractivity contribution in [2.24, 2.45) is 0 Å². The topological polar surface area (TPSA) is 58.9 Å². The summed E-state index contributed by atoms with van der Waals surface area (Å²) in [4.78, 5) is 0. The number of aliphatic hydroxyl groups is 2. The van der Waals surface area contributed by atoms with E-state index in [9.17, 15) is 10.2 Å². The Kier molecular flexibility index (Phi) is 6.11. The van der Waals surface area contributed by atoms with Crippen molar-refractivity contribution in [1.82, 2.24) is 0 Å². The van der Waals surface area contributed by atoms with Crippen molar-refractivity contribution in [3.8, 4) is 22.6 Å². The second kappa shape index (κ2) is 9.49. The standard InChI is InChI=1S/C29H26O4/c30-27(18-32-21-10-3-1-4-11-21)25-16-15-24-23-14-8-7-9-20(23)17-26(24)29(25)28(31)19-33-22-12-5-2-6-13-22/h1-16,27-28,30-31H,17-19H2. The van der Waals surface area contributed by atoms with Gasteiger partial charge in [-0.15, -0.1) is 0 Å². The minimum atomic E-state index is -0.893. The Morgan fingerprint density at radius 1 is 0.606 bits per heavy atom. The van der Waals surface area contributed by atoms with E-state index in [1.807, 2.05) is 84.9 Å². The highest BCUT2D eigenvalue weighted by Gasteiger charge is 2.29. The van der Waals surface area contributed by atoms with Crippen molar-refractivity contribution < 1.29 is 19.7 Å². The molecule has 0 spiro atoms. The molecule has 5 rings (SSSR count). The molecule has 0 saturated carbocycles. The number of para-hydroxylation sites is 2. The van der Waals surface area contributed by atoms with Crippen LogP contribution in [0.2, 0.25) is 0 Å². The highest BCUT2D eigenvalue weighted by atomic mass is 16.5. The fourth-order valence-corrected chi connectivity index (χ4v) is 4.49. The monoisotopic (exact) mass is 438 g/mol. The zero-order chi connectivity index (χ0) is 22.6. The molecule has 166 valence electrons. The third-order valence-corrected chi connectivity index (χ3v) is 6.06. The molecule has 33 heavy (non-hydrogen) atoms. The molecule has 2 atom stereocenters. The van der Waals surface area contributed by atoms with Crippen molar-refractivity contribution in [2.75, 3.05) is 13.2 Å². The van der Waals surface area contributed by atoms with Crippen LogP contribution in [0.25, 0.3) is 11.1 Å². The molecular weight excluding hydrogens is 412 g/mol. The lowest BCUT2D eigenvalue weighted by Gasteiger charge is -2.23. The maximum absolute atomic E-state index is 11.3. The maximum atomic E-state index is 11.3. The van der Waals surface area contributed by atoms with Crippen molar-refractivity contribution in [1.29, 1.82) is 0 Å². The van der Waals surface area contributed by atoms with Gasteiger partial charge < -0.3 is 19.7 Å². The largest absolute Gasteiger partial charge is 0.491 e. The summed E-state index contributed by atoms with van der Waals surface area (Å²) in [5, 5.41) is 22.3. The summed E-state index contributed by atoms with van der Waals surface area (Å²) in [7, 11) is 0. The first-order valence-corrected chi connectivity index (χ1v) is 11.2. The predicted octanol–water partition coefficient (Wildman–Crippen LogP) is 5.48. The first-order chi connectivity index (χ1) is 16.2. The normalized spacial score (nSPS) is 13.6. The average molecular weight is 439 g/mol. The minimum Gasteiger partial charge on any atom is -0.491 e. The Balaban J connectivity index is 1.45. The number of rotatable bonds is 8. The molecule has 0 fully saturated rings. The number of ether oxygens (including phenoxy) is 2. The van der Waals surface area contributed by atoms with Crippen LogP contribution in [-0.4, -0.2) is 23.4 Å². The predicted molar refractivity (Wildman–Crippen MR) is 128 cm³/mol. The third-order valence-electron chi connectivity index (χ3n) is 6.06. The van der Waals surface area contributed by atoms with E-state index in [0.29, 0.717) is 23.5 Å². The summed E-state index contributed by atoms with van der Waals surface area (Å²) >= 11 is 0. The first kappa shape index (κ1) is 21.3. The molecule has 4 heteroatoms. The molecule has 4 aromatic carbocycles. The van der Waals surface area contributed by atoms with Crippen LogP contribution in [0.3, 0.4) is 0 Å². The lowest BCUT2D eigenvalue weighted by molar-refractivity contribution is 0.0888. The molecule has 0 aromatic heterocycles. The molecule has 2 N–H and O–H groups in total. The van der Waals surface area contributed by atoms with Crippen molar-refractivity contribution in [3.05, 3.63) is 119 Å². The molecule has 2 unspecified atom stereocenters. The van der Waals surface area contributed by atoms with Crippen molar-refractivity contribution in [2.45, 2.75) is 18.6 Å². The van der Waals surface area contributed by atoms with Gasteiger partial charge in [0.05, 0.1) is 0 Å². The van der Waals surface area contributed by atoms with Gasteiger partial charge in [-0.05, 0) is 64.1 Å². The van der Waals surface area contributed by atoms with Gasteiger partial charge in [0, 0.05) is 0 Å². The van der Waals surface area contributed by atoms with E-state index >= 15 is 0 Å². The zero-order valence-corrected chi connectivity index (χ0v) is 18.2. The Bertz CT molecular complexity index is 1220. The molecular formula is C29H26O4. The summed E-state index contributed by atoms with van der Waals surface area (Å²) in [6.07, 6.45) is -1.07. The molecule has 4 nitrogen and oxygen atoms in total. The Labute approximate surface area is 193 Å². The van der Waals surface area contributed by atoms with E-state index in [1.54, 1.807) is 0 Å². The van der Waals surface area contributed by atoms with Crippen molar-refractivity contribution >= 4 is 0 Å². The summed E-state index contributed by atoms with van der Waals surface area (Å²) in [6.45, 7) is 0.186. The van der Waals surface area contributed by atoms with Crippen LogP contribution >= 0.6 is 0 Å². The Morgan fingerprint density at radius 3 is 1.85 bits per heavy atom. The molecule has 0 aliphatic heterocycles. The van der Waals surface area contributed by atoms with Gasteiger partial charge in [0.15, 0.2) is 0 Å². The van der Waals surface area contributed by atoms with Crippen LogP contribution in [0.4, 0.5) is 0 Å². The molecule has 4 aromatic rings. The van der Waals surface area contributed by atoms with Gasteiger partial charge in [0.25, 0.3) is 0 Å². The number of fused-ring (bicyclic) bond motifs is 3. The van der Waals surface area contributed by atoms with Crippen molar-refractivity contribution in [3.63, 3.8) is 0 Å². The first-order valence-electron chi connectivity index (χ1n) is 11.2. The van der Waals surface area contributed by atoms with E-state index in [0.717, 1.165) is 16.7 Å². The highest BCUT2D eigenvalue weighted by molar-refractivity contribution is 5.78. The number of aliphatic hydroxyl groups excluding tert-OH is 2. The fourth-order valence-electron chi connectivity index (χ4n) is 4.49. The molecule has 0 amide bonds. The summed E-state index contributed by atoms with van der Waals surface area (Å²) in [6, 6.07) is 31.1. The molecule has 1 aliphatic carbocycles. The maximum Gasteiger partial charge on any atom is 0.119 e. The van der Waals surface area contributed by atoms with Crippen LogP contribution in [0.15, 0.2) is 97.1 Å². The SMILES string of the molecule is OC(COc1ccccc1)c1ccc2c(c1C(O)COc1ccccc1)Cc1ccccc1-2. The van der Waals surface area contributed by atoms with Crippen LogP contribution < -0.4 is 9.47 Å². The Hall–Kier alpha value is -3.60. The van der Waals surface area contributed by atoms with Gasteiger partial charge in [-0.3, -0.25) is 0 Å². The van der Waals surface area contributed by atoms with E-state index in [-0.39, 0.29) is 13.2 Å². The van der Waals surface area contributed by atoms with Crippen LogP contribution in [0.5, 0.6) is 11.5 Å². The van der Waals surface area contributed by atoms with Crippen LogP contribution in [0, 0.1) is 0 Å². The quantitative estimate of drug-likeness (QED) is 0.337. The summed E-state index contributed by atoms with van der Waals surface area (Å²) < 4.78 is 11.7. The second-order valence-corrected chi connectivity index (χ2v) is 8.21. The van der Waals surface area contributed by atoms with Gasteiger partial charge in [-0.25, -0.2) is 0 Å². The van der Waals surface area contributed by atoms with Gasteiger partial charge in [-0.1, -0.05) is 72.8 Å². The summed E-state index contributed by atoms with van der Waals surface area (Å²) in [5.74, 6) is 1.39. The average Bonchev–Trinajstić information content (AvgIpc) is 3.25. The smallest absolute Gasteiger partial charge is 0.119 e. The minimum absolute atomic E-state index is 0.0923. The zero-order valence-electron chi connectivity index (χ0n) is 18.2. The van der Waals surface area contributed by atoms with E-state index in [2.05, 4.69) is 12.1 Å². The third kappa shape index (κ3) is 4.49. The van der Waals surface area contributed by atoms with Gasteiger partial charge in [0.2, 0.25) is 0 Å². The van der Waals surface area contributed by atoms with Gasteiger partial charge in [-0.2, -0.15) is 0 Å². The molecule has 0 radical (unpaired) electrons. The lowest BCUT2D eigenvalue weighted by atomic mass is 9.90. The Morgan fingerprint density at radius 2 is 1.18 bits per heavy atom. The molecule has 1 aliphatic rings. The number of benzene rings is 4. The lowest BCUT2D eigenvalue weighted by Crippen LogP contribution is -2.18. The van der Waals surface area contributed by atoms with E-state index in [1.165, 1.54) is 11.1 Å². The summed E-state index contributed by atoms with van der Waals surface area (Å²) in [5.41, 5.74) is 5.92. The molecule has 0 saturated heterocycles. The van der Waals surface area contributed by atoms with Crippen LogP contribution in [0.1, 0.15) is 34.5 Å². The molecule has 0 heterocycles. The van der Waals surface area contributed by atoms with Crippen LogP contribution in [-0.2, 0) is 6.42 Å². The van der Waals surface area contributed by atoms with E-state index < -0.39 is 12.2 Å². The number of hydrogen-bond donors (Lipinski definition) is 2.